The number of anilines is 1. The second-order valence-electron chi connectivity index (χ2n) is 8.31. The summed E-state index contributed by atoms with van der Waals surface area (Å²) in [5.41, 5.74) is 0.294. The molecule has 35 heavy (non-hydrogen) atoms. The van der Waals surface area contributed by atoms with Crippen molar-refractivity contribution < 1.29 is 32.7 Å². The molecule has 1 amide bonds. The standard InChI is InChI=1S/C25H17ClN2O7/c26-16-6-2-1-4-13(16)12-32-24(31)28-19-15-5-3-9-27-21(15)35-20(19)17-10-14-11-18(34-22(14)33-17)25(7-8-25)23(29)30/h1-6,9-11H,7-8,12H2,(H,28,31)(H,29,30). The number of carbonyl (C=O) groups excluding carboxylic acids is 1. The number of nitrogens with zero attached hydrogens (tertiary/aromatic N) is 1. The van der Waals surface area contributed by atoms with Crippen molar-refractivity contribution in [3.63, 3.8) is 0 Å². The van der Waals surface area contributed by atoms with Crippen LogP contribution in [0.25, 0.3) is 33.8 Å². The van der Waals surface area contributed by atoms with E-state index in [1.807, 2.05) is 0 Å². The Hall–Kier alpha value is -4.24. The molecular formula is C25H17ClN2O7. The molecule has 176 valence electrons. The number of rotatable bonds is 6. The smallest absolute Gasteiger partial charge is 0.412 e. The predicted octanol–water partition coefficient (Wildman–Crippen LogP) is 6.35. The van der Waals surface area contributed by atoms with Gasteiger partial charge in [-0.3, -0.25) is 10.1 Å². The van der Waals surface area contributed by atoms with E-state index < -0.39 is 17.5 Å². The van der Waals surface area contributed by atoms with Crippen LogP contribution in [0.2, 0.25) is 5.02 Å². The molecule has 9 nitrogen and oxygen atoms in total. The van der Waals surface area contributed by atoms with E-state index in [9.17, 15) is 14.7 Å². The third-order valence-corrected chi connectivity index (χ3v) is 6.45. The van der Waals surface area contributed by atoms with Gasteiger partial charge in [-0.15, -0.1) is 0 Å². The predicted molar refractivity (Wildman–Crippen MR) is 125 cm³/mol. The number of carbonyl (C=O) groups is 2. The molecule has 1 aliphatic carbocycles. The van der Waals surface area contributed by atoms with Crippen LogP contribution in [0.4, 0.5) is 10.5 Å². The summed E-state index contributed by atoms with van der Waals surface area (Å²) in [6, 6.07) is 13.9. The van der Waals surface area contributed by atoms with Crippen LogP contribution in [0.5, 0.6) is 0 Å². The molecule has 0 bridgehead atoms. The molecule has 0 unspecified atom stereocenters. The number of aliphatic carboxylic acids is 1. The summed E-state index contributed by atoms with van der Waals surface area (Å²) in [7, 11) is 0. The molecule has 0 spiro atoms. The van der Waals surface area contributed by atoms with Gasteiger partial charge >= 0.3 is 12.1 Å². The van der Waals surface area contributed by atoms with E-state index in [0.29, 0.717) is 51.4 Å². The zero-order chi connectivity index (χ0) is 24.2. The van der Waals surface area contributed by atoms with Crippen LogP contribution in [0.3, 0.4) is 0 Å². The average molecular weight is 493 g/mol. The van der Waals surface area contributed by atoms with Gasteiger partial charge in [-0.05, 0) is 43.2 Å². The molecule has 5 aromatic rings. The van der Waals surface area contributed by atoms with Crippen molar-refractivity contribution >= 4 is 51.6 Å². The maximum atomic E-state index is 12.6. The van der Waals surface area contributed by atoms with E-state index in [0.717, 1.165) is 0 Å². The van der Waals surface area contributed by atoms with E-state index in [1.165, 1.54) is 0 Å². The van der Waals surface area contributed by atoms with Gasteiger partial charge in [-0.2, -0.15) is 0 Å². The van der Waals surface area contributed by atoms with E-state index in [4.69, 9.17) is 29.6 Å². The normalized spacial score (nSPS) is 14.3. The number of furan rings is 3. The van der Waals surface area contributed by atoms with Gasteiger partial charge in [0.25, 0.3) is 5.78 Å². The molecule has 0 radical (unpaired) electrons. The topological polar surface area (TPSA) is 128 Å². The third kappa shape index (κ3) is 3.60. The van der Waals surface area contributed by atoms with Crippen molar-refractivity contribution in [2.45, 2.75) is 24.9 Å². The number of carboxylic acids is 1. The Bertz CT molecular complexity index is 1580. The quantitative estimate of drug-likeness (QED) is 0.280. The van der Waals surface area contributed by atoms with Gasteiger partial charge in [-0.25, -0.2) is 9.78 Å². The van der Waals surface area contributed by atoms with Gasteiger partial charge in [0, 0.05) is 16.8 Å². The molecule has 6 rings (SSSR count). The minimum Gasteiger partial charge on any atom is -0.480 e. The molecule has 1 saturated carbocycles. The van der Waals surface area contributed by atoms with E-state index in [1.54, 1.807) is 54.7 Å². The van der Waals surface area contributed by atoms with Gasteiger partial charge in [-0.1, -0.05) is 29.8 Å². The Morgan fingerprint density at radius 1 is 1.11 bits per heavy atom. The van der Waals surface area contributed by atoms with Crippen molar-refractivity contribution in [1.82, 2.24) is 4.98 Å². The number of ether oxygens (including phenoxy) is 1. The molecule has 0 aliphatic heterocycles. The van der Waals surface area contributed by atoms with E-state index in [-0.39, 0.29) is 23.9 Å². The van der Waals surface area contributed by atoms with Crippen molar-refractivity contribution in [2.75, 3.05) is 5.32 Å². The first-order valence-corrected chi connectivity index (χ1v) is 11.1. The fourth-order valence-electron chi connectivity index (χ4n) is 4.00. The van der Waals surface area contributed by atoms with Gasteiger partial charge in [0.2, 0.25) is 5.71 Å². The molecular weight excluding hydrogens is 476 g/mol. The van der Waals surface area contributed by atoms with Crippen molar-refractivity contribution in [1.29, 1.82) is 0 Å². The number of pyridine rings is 1. The minimum absolute atomic E-state index is 0.0172. The highest BCUT2D eigenvalue weighted by atomic mass is 35.5. The third-order valence-electron chi connectivity index (χ3n) is 6.08. The van der Waals surface area contributed by atoms with Crippen molar-refractivity contribution in [2.24, 2.45) is 0 Å². The van der Waals surface area contributed by atoms with Gasteiger partial charge in [0.15, 0.2) is 11.5 Å². The lowest BCUT2D eigenvalue weighted by molar-refractivity contribution is -0.140. The largest absolute Gasteiger partial charge is 0.480 e. The fourth-order valence-corrected chi connectivity index (χ4v) is 4.19. The molecule has 4 heterocycles. The highest BCUT2D eigenvalue weighted by Gasteiger charge is 2.54. The van der Waals surface area contributed by atoms with Crippen LogP contribution in [0, 0.1) is 0 Å². The zero-order valence-electron chi connectivity index (χ0n) is 18.0. The second kappa shape index (κ2) is 7.92. The fraction of sp³-hybridized carbons (Fsp3) is 0.160. The Labute approximate surface area is 202 Å². The number of hydrogen-bond donors (Lipinski definition) is 2. The van der Waals surface area contributed by atoms with Gasteiger partial charge in [0.05, 0.1) is 10.8 Å². The lowest BCUT2D eigenvalue weighted by Gasteiger charge is -2.08. The molecule has 1 aromatic carbocycles. The highest BCUT2D eigenvalue weighted by molar-refractivity contribution is 6.31. The first kappa shape index (κ1) is 21.3. The van der Waals surface area contributed by atoms with Crippen LogP contribution in [0.15, 0.2) is 68.0 Å². The Morgan fingerprint density at radius 3 is 2.69 bits per heavy atom. The second-order valence-corrected chi connectivity index (χ2v) is 8.71. The minimum atomic E-state index is -0.983. The summed E-state index contributed by atoms with van der Waals surface area (Å²) in [6.07, 6.45) is 1.89. The molecule has 2 N–H and O–H groups in total. The monoisotopic (exact) mass is 492 g/mol. The van der Waals surface area contributed by atoms with Gasteiger partial charge < -0.3 is 23.1 Å². The highest BCUT2D eigenvalue weighted by Crippen LogP contribution is 2.50. The zero-order valence-corrected chi connectivity index (χ0v) is 18.8. The number of halogens is 1. The summed E-state index contributed by atoms with van der Waals surface area (Å²) < 4.78 is 22.8. The van der Waals surface area contributed by atoms with Crippen LogP contribution < -0.4 is 5.32 Å². The summed E-state index contributed by atoms with van der Waals surface area (Å²) >= 11 is 6.13. The SMILES string of the molecule is O=C(Nc1c(-c2cc3cc(C4(C(=O)O)CC4)oc3o2)oc2ncccc12)OCc1ccccc1Cl. The first-order valence-electron chi connectivity index (χ1n) is 10.8. The number of benzene rings is 1. The number of amides is 1. The molecule has 0 saturated heterocycles. The van der Waals surface area contributed by atoms with Crippen LogP contribution in [-0.2, 0) is 21.6 Å². The summed E-state index contributed by atoms with van der Waals surface area (Å²) in [5.74, 6) is 0.117. The number of nitrogens with one attached hydrogen (secondary N) is 1. The number of carboxylic acid groups (broad SMARTS) is 1. The lowest BCUT2D eigenvalue weighted by atomic mass is 10.0. The van der Waals surface area contributed by atoms with E-state index >= 15 is 0 Å². The lowest BCUT2D eigenvalue weighted by Crippen LogP contribution is -2.18. The first-order chi connectivity index (χ1) is 16.9. The van der Waals surface area contributed by atoms with Crippen LogP contribution in [0.1, 0.15) is 24.2 Å². The van der Waals surface area contributed by atoms with E-state index in [2.05, 4.69) is 10.3 Å². The number of hydrogen-bond acceptors (Lipinski definition) is 7. The van der Waals surface area contributed by atoms with Crippen molar-refractivity contribution in [3.05, 3.63) is 71.1 Å². The summed E-state index contributed by atoms with van der Waals surface area (Å²) in [4.78, 5) is 28.4. The van der Waals surface area contributed by atoms with Crippen molar-refractivity contribution in [3.8, 4) is 11.5 Å². The maximum absolute atomic E-state index is 12.6. The Morgan fingerprint density at radius 2 is 1.94 bits per heavy atom. The molecule has 1 fully saturated rings. The van der Waals surface area contributed by atoms with Crippen LogP contribution >= 0.6 is 11.6 Å². The molecule has 0 atom stereocenters. The molecule has 4 aromatic heterocycles. The number of aromatic nitrogens is 1. The summed E-state index contributed by atoms with van der Waals surface area (Å²) in [6.45, 7) is -0.0172. The van der Waals surface area contributed by atoms with Gasteiger partial charge in [0.1, 0.15) is 23.5 Å². The Kier molecular flexibility index (Phi) is 4.82. The average Bonchev–Trinajstić information content (AvgIpc) is 3.25. The molecule has 10 heteroatoms. The maximum Gasteiger partial charge on any atom is 0.412 e. The van der Waals surface area contributed by atoms with Crippen LogP contribution in [-0.4, -0.2) is 22.2 Å². The molecule has 1 aliphatic rings. The number of fused-ring (bicyclic) bond motifs is 2. The Balaban J connectivity index is 1.31. The summed E-state index contributed by atoms with van der Waals surface area (Å²) in [5, 5.41) is 13.9.